The highest BCUT2D eigenvalue weighted by Gasteiger charge is 2.21. The minimum atomic E-state index is 0.377. The molecule has 0 rings (SSSR count). The Morgan fingerprint density at radius 2 is 1.67 bits per heavy atom. The van der Waals surface area contributed by atoms with Gasteiger partial charge in [0, 0.05) is 13.2 Å². The molecule has 0 aromatic carbocycles. The van der Waals surface area contributed by atoms with Gasteiger partial charge in [0.1, 0.15) is 0 Å². The monoisotopic (exact) mass is 215 g/mol. The summed E-state index contributed by atoms with van der Waals surface area (Å²) in [5.41, 5.74) is 0.377. The van der Waals surface area contributed by atoms with E-state index in [1.807, 2.05) is 0 Å². The van der Waals surface area contributed by atoms with E-state index < -0.39 is 0 Å². The minimum Gasteiger partial charge on any atom is -0.383 e. The summed E-state index contributed by atoms with van der Waals surface area (Å²) in [5.74, 6) is 1.30. The standard InChI is InChI=1S/C13H29NO/c1-10(2)12(9-15-7)14-8-11(3)13(4,5)6/h10-12,14H,8-9H2,1-7H3. The lowest BCUT2D eigenvalue weighted by atomic mass is 9.82. The van der Waals surface area contributed by atoms with Gasteiger partial charge < -0.3 is 10.1 Å². The second-order valence-electron chi connectivity index (χ2n) is 5.98. The molecule has 2 nitrogen and oxygen atoms in total. The predicted molar refractivity (Wildman–Crippen MR) is 67.1 cm³/mol. The summed E-state index contributed by atoms with van der Waals surface area (Å²) in [6, 6.07) is 0.472. The summed E-state index contributed by atoms with van der Waals surface area (Å²) in [6.07, 6.45) is 0. The van der Waals surface area contributed by atoms with Crippen molar-refractivity contribution < 1.29 is 4.74 Å². The molecule has 0 aliphatic heterocycles. The molecular weight excluding hydrogens is 186 g/mol. The Hall–Kier alpha value is -0.0800. The third kappa shape index (κ3) is 6.16. The van der Waals surface area contributed by atoms with Crippen molar-refractivity contribution >= 4 is 0 Å². The smallest absolute Gasteiger partial charge is 0.0618 e. The molecule has 2 heteroatoms. The molecule has 0 heterocycles. The number of hydrogen-bond donors (Lipinski definition) is 1. The van der Waals surface area contributed by atoms with Crippen LogP contribution in [0.4, 0.5) is 0 Å². The second kappa shape index (κ2) is 6.49. The highest BCUT2D eigenvalue weighted by molar-refractivity contribution is 4.76. The van der Waals surface area contributed by atoms with Gasteiger partial charge in [0.25, 0.3) is 0 Å². The summed E-state index contributed by atoms with van der Waals surface area (Å²) >= 11 is 0. The molecule has 0 aromatic heterocycles. The van der Waals surface area contributed by atoms with Gasteiger partial charge in [-0.25, -0.2) is 0 Å². The zero-order valence-corrected chi connectivity index (χ0v) is 11.6. The van der Waals surface area contributed by atoms with Crippen LogP contribution in [0, 0.1) is 17.3 Å². The lowest BCUT2D eigenvalue weighted by Crippen LogP contribution is -2.42. The fourth-order valence-electron chi connectivity index (χ4n) is 1.30. The maximum atomic E-state index is 5.22. The molecule has 92 valence electrons. The Bertz CT molecular complexity index is 160. The van der Waals surface area contributed by atoms with Gasteiger partial charge in [0.15, 0.2) is 0 Å². The van der Waals surface area contributed by atoms with E-state index in [1.165, 1.54) is 0 Å². The molecule has 0 aromatic rings. The predicted octanol–water partition coefficient (Wildman–Crippen LogP) is 2.93. The topological polar surface area (TPSA) is 21.3 Å². The van der Waals surface area contributed by atoms with Crippen molar-refractivity contribution in [2.24, 2.45) is 17.3 Å². The molecule has 2 atom stereocenters. The summed E-state index contributed by atoms with van der Waals surface area (Å²) in [4.78, 5) is 0. The van der Waals surface area contributed by atoms with Crippen molar-refractivity contribution in [2.75, 3.05) is 20.3 Å². The van der Waals surface area contributed by atoms with Crippen LogP contribution < -0.4 is 5.32 Å². The average Bonchev–Trinajstić information content (AvgIpc) is 2.09. The molecular formula is C13H29NO. The third-order valence-electron chi connectivity index (χ3n) is 3.32. The number of rotatable bonds is 6. The molecule has 0 aliphatic carbocycles. The first-order chi connectivity index (χ1) is 6.79. The maximum Gasteiger partial charge on any atom is 0.0618 e. The van der Waals surface area contributed by atoms with Crippen LogP contribution in [-0.4, -0.2) is 26.3 Å². The molecule has 0 saturated heterocycles. The lowest BCUT2D eigenvalue weighted by molar-refractivity contribution is 0.137. The van der Waals surface area contributed by atoms with Gasteiger partial charge in [0.2, 0.25) is 0 Å². The normalized spacial score (nSPS) is 16.8. The van der Waals surface area contributed by atoms with Crippen molar-refractivity contribution in [1.82, 2.24) is 5.32 Å². The molecule has 2 unspecified atom stereocenters. The molecule has 1 N–H and O–H groups in total. The van der Waals surface area contributed by atoms with Gasteiger partial charge in [-0.05, 0) is 23.8 Å². The van der Waals surface area contributed by atoms with Crippen molar-refractivity contribution in [2.45, 2.75) is 47.6 Å². The van der Waals surface area contributed by atoms with Crippen LogP contribution in [0.2, 0.25) is 0 Å². The van der Waals surface area contributed by atoms with Gasteiger partial charge in [-0.1, -0.05) is 41.5 Å². The molecule has 0 bridgehead atoms. The molecule has 0 saturated carbocycles. The van der Waals surface area contributed by atoms with E-state index >= 15 is 0 Å². The van der Waals surface area contributed by atoms with Crippen molar-refractivity contribution in [3.8, 4) is 0 Å². The first-order valence-electron chi connectivity index (χ1n) is 6.01. The molecule has 0 radical (unpaired) electrons. The van der Waals surface area contributed by atoms with Crippen LogP contribution >= 0.6 is 0 Å². The van der Waals surface area contributed by atoms with E-state index in [0.717, 1.165) is 13.2 Å². The van der Waals surface area contributed by atoms with Crippen LogP contribution in [0.15, 0.2) is 0 Å². The van der Waals surface area contributed by atoms with Gasteiger partial charge in [-0.15, -0.1) is 0 Å². The number of nitrogens with one attached hydrogen (secondary N) is 1. The molecule has 0 fully saturated rings. The summed E-state index contributed by atoms with van der Waals surface area (Å²) in [6.45, 7) is 15.5. The third-order valence-corrected chi connectivity index (χ3v) is 3.32. The van der Waals surface area contributed by atoms with E-state index in [-0.39, 0.29) is 0 Å². The van der Waals surface area contributed by atoms with Crippen LogP contribution in [0.1, 0.15) is 41.5 Å². The molecule has 0 aliphatic rings. The molecule has 15 heavy (non-hydrogen) atoms. The van der Waals surface area contributed by atoms with Crippen LogP contribution in [0.5, 0.6) is 0 Å². The summed E-state index contributed by atoms with van der Waals surface area (Å²) < 4.78 is 5.22. The van der Waals surface area contributed by atoms with E-state index in [9.17, 15) is 0 Å². The largest absolute Gasteiger partial charge is 0.383 e. The number of methoxy groups -OCH3 is 1. The Labute approximate surface area is 95.8 Å². The molecule has 0 amide bonds. The Balaban J connectivity index is 3.99. The van der Waals surface area contributed by atoms with Gasteiger partial charge >= 0.3 is 0 Å². The van der Waals surface area contributed by atoms with Crippen LogP contribution in [0.25, 0.3) is 0 Å². The van der Waals surface area contributed by atoms with Crippen molar-refractivity contribution in [1.29, 1.82) is 0 Å². The van der Waals surface area contributed by atoms with E-state index in [0.29, 0.717) is 23.3 Å². The highest BCUT2D eigenvalue weighted by atomic mass is 16.5. The molecule has 0 spiro atoms. The minimum absolute atomic E-state index is 0.377. The second-order valence-corrected chi connectivity index (χ2v) is 5.98. The van der Waals surface area contributed by atoms with Gasteiger partial charge in [-0.3, -0.25) is 0 Å². The van der Waals surface area contributed by atoms with Gasteiger partial charge in [-0.2, -0.15) is 0 Å². The fraction of sp³-hybridized carbons (Fsp3) is 1.00. The maximum absolute atomic E-state index is 5.22. The number of ether oxygens (including phenoxy) is 1. The highest BCUT2D eigenvalue weighted by Crippen LogP contribution is 2.24. The van der Waals surface area contributed by atoms with Crippen LogP contribution in [-0.2, 0) is 4.74 Å². The summed E-state index contributed by atoms with van der Waals surface area (Å²) in [7, 11) is 1.77. The van der Waals surface area contributed by atoms with Crippen molar-refractivity contribution in [3.63, 3.8) is 0 Å². The lowest BCUT2D eigenvalue weighted by Gasteiger charge is -2.30. The number of hydrogen-bond acceptors (Lipinski definition) is 2. The summed E-state index contributed by atoms with van der Waals surface area (Å²) in [5, 5.41) is 3.60. The van der Waals surface area contributed by atoms with E-state index in [1.54, 1.807) is 7.11 Å². The van der Waals surface area contributed by atoms with E-state index in [4.69, 9.17) is 4.74 Å². The first kappa shape index (κ1) is 14.9. The quantitative estimate of drug-likeness (QED) is 0.735. The fourth-order valence-corrected chi connectivity index (χ4v) is 1.30. The van der Waals surface area contributed by atoms with Gasteiger partial charge in [0.05, 0.1) is 6.61 Å². The zero-order chi connectivity index (χ0) is 12.1. The Kier molecular flexibility index (Phi) is 6.46. The van der Waals surface area contributed by atoms with Crippen molar-refractivity contribution in [3.05, 3.63) is 0 Å². The SMILES string of the molecule is COCC(NCC(C)C(C)(C)C)C(C)C. The average molecular weight is 215 g/mol. The Morgan fingerprint density at radius 3 is 2.00 bits per heavy atom. The first-order valence-corrected chi connectivity index (χ1v) is 6.01. The van der Waals surface area contributed by atoms with Crippen LogP contribution in [0.3, 0.4) is 0 Å². The Morgan fingerprint density at radius 1 is 1.13 bits per heavy atom. The van der Waals surface area contributed by atoms with E-state index in [2.05, 4.69) is 46.9 Å². The zero-order valence-electron chi connectivity index (χ0n) is 11.6.